The van der Waals surface area contributed by atoms with Crippen molar-refractivity contribution >= 4 is 39.6 Å². The number of hydrogen-bond donors (Lipinski definition) is 0. The molecule has 5 nitrogen and oxygen atoms in total. The van der Waals surface area contributed by atoms with E-state index in [1.165, 1.54) is 4.88 Å². The Bertz CT molecular complexity index is 1080. The first-order valence-corrected chi connectivity index (χ1v) is 10.5. The van der Waals surface area contributed by atoms with Gasteiger partial charge in [-0.2, -0.15) is 5.10 Å². The zero-order valence-electron chi connectivity index (χ0n) is 15.5. The van der Waals surface area contributed by atoms with Crippen LogP contribution in [0.5, 0.6) is 0 Å². The first-order chi connectivity index (χ1) is 13.1. The molecular weight excluding hydrogens is 376 g/mol. The molecule has 0 aliphatic heterocycles. The molecule has 4 aromatic heterocycles. The van der Waals surface area contributed by atoms with E-state index in [2.05, 4.69) is 11.2 Å². The summed E-state index contributed by atoms with van der Waals surface area (Å²) in [5.41, 5.74) is 3.06. The fourth-order valence-corrected chi connectivity index (χ4v) is 4.66. The van der Waals surface area contributed by atoms with Gasteiger partial charge in [0.1, 0.15) is 0 Å². The molecule has 0 saturated carbocycles. The van der Waals surface area contributed by atoms with Gasteiger partial charge < -0.3 is 4.90 Å². The molecule has 0 aromatic carbocycles. The number of rotatable bonds is 5. The van der Waals surface area contributed by atoms with Crippen molar-refractivity contribution in [3.05, 3.63) is 57.2 Å². The maximum atomic E-state index is 13.5. The van der Waals surface area contributed by atoms with Gasteiger partial charge in [0.05, 0.1) is 33.8 Å². The number of thiophene rings is 2. The molecule has 0 radical (unpaired) electrons. The van der Waals surface area contributed by atoms with Crippen molar-refractivity contribution in [1.82, 2.24) is 19.7 Å². The number of aromatic nitrogens is 3. The number of fused-ring (bicyclic) bond motifs is 1. The molecule has 7 heteroatoms. The third-order valence-electron chi connectivity index (χ3n) is 4.57. The van der Waals surface area contributed by atoms with Crippen molar-refractivity contribution in [1.29, 1.82) is 0 Å². The quantitative estimate of drug-likeness (QED) is 0.490. The Morgan fingerprint density at radius 2 is 2.00 bits per heavy atom. The summed E-state index contributed by atoms with van der Waals surface area (Å²) in [6.07, 6.45) is 0. The molecule has 4 aromatic rings. The highest BCUT2D eigenvalue weighted by Crippen LogP contribution is 2.30. The lowest BCUT2D eigenvalue weighted by atomic mass is 10.1. The number of carbonyl (C=O) groups excluding carboxylic acids is 1. The van der Waals surface area contributed by atoms with E-state index in [9.17, 15) is 4.79 Å². The van der Waals surface area contributed by atoms with E-state index in [0.29, 0.717) is 18.7 Å². The number of pyridine rings is 1. The predicted octanol–water partition coefficient (Wildman–Crippen LogP) is 4.73. The number of carbonyl (C=O) groups is 1. The van der Waals surface area contributed by atoms with Crippen LogP contribution in [0.4, 0.5) is 0 Å². The predicted molar refractivity (Wildman–Crippen MR) is 111 cm³/mol. The number of nitrogens with zero attached hydrogens (tertiary/aromatic N) is 4. The van der Waals surface area contributed by atoms with Gasteiger partial charge in [-0.1, -0.05) is 12.1 Å². The van der Waals surface area contributed by atoms with E-state index in [1.54, 1.807) is 27.4 Å². The highest BCUT2D eigenvalue weighted by Gasteiger charge is 2.23. The maximum absolute atomic E-state index is 13.5. The Hall–Kier alpha value is -2.51. The number of amides is 1. The zero-order chi connectivity index (χ0) is 19.0. The summed E-state index contributed by atoms with van der Waals surface area (Å²) in [7, 11) is 1.87. The molecule has 0 aliphatic carbocycles. The Morgan fingerprint density at radius 3 is 2.67 bits per heavy atom. The first-order valence-electron chi connectivity index (χ1n) is 8.78. The SMILES string of the molecule is CCN(Cc1cccs1)C(=O)c1cc(-c2cccs2)nc2c1c(C)nn2C. The van der Waals surface area contributed by atoms with Gasteiger partial charge in [0.15, 0.2) is 5.65 Å². The summed E-state index contributed by atoms with van der Waals surface area (Å²) in [4.78, 5) is 22.4. The van der Waals surface area contributed by atoms with Crippen LogP contribution in [-0.4, -0.2) is 32.1 Å². The van der Waals surface area contributed by atoms with E-state index < -0.39 is 0 Å². The van der Waals surface area contributed by atoms with Gasteiger partial charge >= 0.3 is 0 Å². The summed E-state index contributed by atoms with van der Waals surface area (Å²) in [5.74, 6) is 0.0206. The highest BCUT2D eigenvalue weighted by molar-refractivity contribution is 7.13. The minimum atomic E-state index is 0.0206. The molecule has 138 valence electrons. The van der Waals surface area contributed by atoms with Crippen molar-refractivity contribution in [2.45, 2.75) is 20.4 Å². The Balaban J connectivity index is 1.84. The Labute approximate surface area is 165 Å². The maximum Gasteiger partial charge on any atom is 0.255 e. The van der Waals surface area contributed by atoms with Crippen molar-refractivity contribution in [2.75, 3.05) is 6.54 Å². The van der Waals surface area contributed by atoms with Gasteiger partial charge in [-0.3, -0.25) is 9.48 Å². The summed E-state index contributed by atoms with van der Waals surface area (Å²) in [5, 5.41) is 9.41. The molecular formula is C20H20N4OS2. The lowest BCUT2D eigenvalue weighted by molar-refractivity contribution is 0.0756. The molecule has 0 aliphatic rings. The summed E-state index contributed by atoms with van der Waals surface area (Å²) >= 11 is 3.29. The summed E-state index contributed by atoms with van der Waals surface area (Å²) in [6, 6.07) is 10.0. The van der Waals surface area contributed by atoms with Gasteiger partial charge in [0.2, 0.25) is 0 Å². The molecule has 4 rings (SSSR count). The van der Waals surface area contributed by atoms with Gasteiger partial charge in [0, 0.05) is 18.5 Å². The van der Waals surface area contributed by atoms with Crippen LogP contribution >= 0.6 is 22.7 Å². The third-order valence-corrected chi connectivity index (χ3v) is 6.32. The van der Waals surface area contributed by atoms with Crippen LogP contribution in [-0.2, 0) is 13.6 Å². The van der Waals surface area contributed by atoms with E-state index in [0.717, 1.165) is 27.3 Å². The molecule has 1 amide bonds. The van der Waals surface area contributed by atoms with Crippen LogP contribution in [0.25, 0.3) is 21.6 Å². The van der Waals surface area contributed by atoms with Crippen molar-refractivity contribution < 1.29 is 4.79 Å². The second-order valence-electron chi connectivity index (χ2n) is 6.34. The van der Waals surface area contributed by atoms with Crippen LogP contribution in [0.1, 0.15) is 27.9 Å². The zero-order valence-corrected chi connectivity index (χ0v) is 17.1. The van der Waals surface area contributed by atoms with Crippen molar-refractivity contribution in [2.24, 2.45) is 7.05 Å². The molecule has 0 N–H and O–H groups in total. The average Bonchev–Trinajstić information content (AvgIpc) is 3.41. The van der Waals surface area contributed by atoms with Crippen molar-refractivity contribution in [3.8, 4) is 10.6 Å². The fraction of sp³-hybridized carbons (Fsp3) is 0.250. The third kappa shape index (κ3) is 3.28. The van der Waals surface area contributed by atoms with Crippen LogP contribution in [0.2, 0.25) is 0 Å². The number of hydrogen-bond acceptors (Lipinski definition) is 5. The van der Waals surface area contributed by atoms with E-state index in [-0.39, 0.29) is 5.91 Å². The number of aryl methyl sites for hydroxylation is 2. The normalized spacial score (nSPS) is 11.2. The summed E-state index contributed by atoms with van der Waals surface area (Å²) in [6.45, 7) is 5.21. The topological polar surface area (TPSA) is 51.0 Å². The smallest absolute Gasteiger partial charge is 0.255 e. The molecule has 0 atom stereocenters. The van der Waals surface area contributed by atoms with E-state index in [1.807, 2.05) is 60.8 Å². The second-order valence-corrected chi connectivity index (χ2v) is 8.32. The monoisotopic (exact) mass is 396 g/mol. The largest absolute Gasteiger partial charge is 0.334 e. The van der Waals surface area contributed by atoms with E-state index >= 15 is 0 Å². The molecule has 0 unspecified atom stereocenters. The molecule has 0 spiro atoms. The summed E-state index contributed by atoms with van der Waals surface area (Å²) < 4.78 is 1.76. The molecule has 27 heavy (non-hydrogen) atoms. The standard InChI is InChI=1S/C20H20N4OS2/c1-4-24(12-14-7-5-9-26-14)20(25)15-11-16(17-8-6-10-27-17)21-19-18(15)13(2)22-23(19)3/h5-11H,4,12H2,1-3H3. The average molecular weight is 397 g/mol. The second kappa shape index (κ2) is 7.25. The van der Waals surface area contributed by atoms with E-state index in [4.69, 9.17) is 4.98 Å². The fourth-order valence-electron chi connectivity index (χ4n) is 3.25. The van der Waals surface area contributed by atoms with Crippen molar-refractivity contribution in [3.63, 3.8) is 0 Å². The Kier molecular flexibility index (Phi) is 4.80. The molecule has 0 bridgehead atoms. The minimum Gasteiger partial charge on any atom is -0.334 e. The minimum absolute atomic E-state index is 0.0206. The van der Waals surface area contributed by atoms with Crippen LogP contribution in [0, 0.1) is 6.92 Å². The highest BCUT2D eigenvalue weighted by atomic mass is 32.1. The van der Waals surface area contributed by atoms with Crippen LogP contribution < -0.4 is 0 Å². The van der Waals surface area contributed by atoms with Gasteiger partial charge in [-0.05, 0) is 42.8 Å². The van der Waals surface area contributed by atoms with Crippen LogP contribution in [0.15, 0.2) is 41.1 Å². The van der Waals surface area contributed by atoms with Gasteiger partial charge in [0.25, 0.3) is 5.91 Å². The molecule has 0 saturated heterocycles. The molecule has 0 fully saturated rings. The van der Waals surface area contributed by atoms with Gasteiger partial charge in [-0.15, -0.1) is 22.7 Å². The van der Waals surface area contributed by atoms with Crippen LogP contribution in [0.3, 0.4) is 0 Å². The first kappa shape index (κ1) is 17.9. The van der Waals surface area contributed by atoms with Gasteiger partial charge in [-0.25, -0.2) is 4.98 Å². The molecule has 4 heterocycles. The Morgan fingerprint density at radius 1 is 1.22 bits per heavy atom. The lowest BCUT2D eigenvalue weighted by Gasteiger charge is -2.21. The lowest BCUT2D eigenvalue weighted by Crippen LogP contribution is -2.30.